The number of nitrogens with one attached hydrogen (secondary N) is 2. The average Bonchev–Trinajstić information content (AvgIpc) is 2.51. The maximum Gasteiger partial charge on any atom is 0.275 e. The molecule has 0 radical (unpaired) electrons. The number of carbonyl (C=O) groups is 1. The van der Waals surface area contributed by atoms with Gasteiger partial charge in [-0.05, 0) is 37.0 Å². The zero-order chi connectivity index (χ0) is 16.8. The minimum atomic E-state index is -0.314. The molecule has 6 heteroatoms. The summed E-state index contributed by atoms with van der Waals surface area (Å²) < 4.78 is 0. The van der Waals surface area contributed by atoms with Gasteiger partial charge in [-0.3, -0.25) is 4.79 Å². The number of aryl methyl sites for hydroxylation is 1. The highest BCUT2D eigenvalue weighted by atomic mass is 35.5. The first-order valence-corrected chi connectivity index (χ1v) is 7.97. The summed E-state index contributed by atoms with van der Waals surface area (Å²) in [4.78, 5) is 20.5. The van der Waals surface area contributed by atoms with Gasteiger partial charge in [0.2, 0.25) is 0 Å². The summed E-state index contributed by atoms with van der Waals surface area (Å²) in [6, 6.07) is 5.36. The lowest BCUT2D eigenvalue weighted by molar-refractivity contribution is 0.102. The summed E-state index contributed by atoms with van der Waals surface area (Å²) in [6.45, 7) is 7.07. The first-order chi connectivity index (χ1) is 11.0. The van der Waals surface area contributed by atoms with Crippen LogP contribution in [0.4, 0.5) is 11.5 Å². The van der Waals surface area contributed by atoms with Gasteiger partial charge >= 0.3 is 0 Å². The molecule has 0 aliphatic carbocycles. The highest BCUT2D eigenvalue weighted by molar-refractivity contribution is 6.31. The Labute approximate surface area is 141 Å². The molecule has 122 valence electrons. The van der Waals surface area contributed by atoms with Crippen LogP contribution in [0.25, 0.3) is 0 Å². The van der Waals surface area contributed by atoms with Crippen molar-refractivity contribution in [1.82, 2.24) is 9.97 Å². The van der Waals surface area contributed by atoms with Crippen molar-refractivity contribution in [3.8, 4) is 0 Å². The van der Waals surface area contributed by atoms with E-state index in [0.29, 0.717) is 22.4 Å². The van der Waals surface area contributed by atoms with E-state index in [1.165, 1.54) is 6.20 Å². The summed E-state index contributed by atoms with van der Waals surface area (Å²) in [5.74, 6) is 0.980. The molecule has 2 rings (SSSR count). The van der Waals surface area contributed by atoms with Gasteiger partial charge in [0.15, 0.2) is 0 Å². The summed E-state index contributed by atoms with van der Waals surface area (Å²) in [5, 5.41) is 6.55. The molecular formula is C17H21ClN4O. The van der Waals surface area contributed by atoms with E-state index in [2.05, 4.69) is 34.4 Å². The van der Waals surface area contributed by atoms with E-state index < -0.39 is 0 Å². The van der Waals surface area contributed by atoms with Gasteiger partial charge in [0.25, 0.3) is 5.91 Å². The number of nitrogens with zero attached hydrogens (tertiary/aromatic N) is 2. The molecule has 5 nitrogen and oxygen atoms in total. The van der Waals surface area contributed by atoms with E-state index in [9.17, 15) is 4.79 Å². The quantitative estimate of drug-likeness (QED) is 0.834. The fourth-order valence-corrected chi connectivity index (χ4v) is 2.07. The molecule has 1 heterocycles. The van der Waals surface area contributed by atoms with Crippen LogP contribution in [0.15, 0.2) is 30.6 Å². The normalized spacial score (nSPS) is 10.7. The predicted octanol–water partition coefficient (Wildman–Crippen LogP) is 4.15. The largest absolute Gasteiger partial charge is 0.369 e. The van der Waals surface area contributed by atoms with Gasteiger partial charge in [0, 0.05) is 17.3 Å². The van der Waals surface area contributed by atoms with Crippen molar-refractivity contribution < 1.29 is 4.79 Å². The van der Waals surface area contributed by atoms with Gasteiger partial charge in [-0.15, -0.1) is 0 Å². The van der Waals surface area contributed by atoms with Crippen LogP contribution in [0.2, 0.25) is 5.02 Å². The number of benzene rings is 1. The van der Waals surface area contributed by atoms with Gasteiger partial charge in [-0.1, -0.05) is 31.5 Å². The van der Waals surface area contributed by atoms with E-state index >= 15 is 0 Å². The lowest BCUT2D eigenvalue weighted by atomic mass is 10.1. The van der Waals surface area contributed by atoms with E-state index in [1.54, 1.807) is 18.3 Å². The van der Waals surface area contributed by atoms with Crippen molar-refractivity contribution >= 4 is 29.0 Å². The molecule has 1 amide bonds. The van der Waals surface area contributed by atoms with Crippen LogP contribution >= 0.6 is 11.6 Å². The van der Waals surface area contributed by atoms with Crippen LogP contribution in [0, 0.1) is 12.8 Å². The zero-order valence-electron chi connectivity index (χ0n) is 13.6. The molecule has 0 unspecified atom stereocenters. The van der Waals surface area contributed by atoms with E-state index in [0.717, 1.165) is 18.5 Å². The smallest absolute Gasteiger partial charge is 0.275 e. The van der Waals surface area contributed by atoms with Crippen LogP contribution in [0.1, 0.15) is 36.3 Å². The second kappa shape index (κ2) is 7.92. The number of halogens is 1. The number of rotatable bonds is 6. The highest BCUT2D eigenvalue weighted by Crippen LogP contribution is 2.20. The Balaban J connectivity index is 1.95. The third-order valence-corrected chi connectivity index (χ3v) is 3.75. The molecule has 0 atom stereocenters. The molecule has 0 aliphatic rings. The van der Waals surface area contributed by atoms with E-state index in [-0.39, 0.29) is 11.6 Å². The zero-order valence-corrected chi connectivity index (χ0v) is 14.3. The molecule has 0 saturated heterocycles. The van der Waals surface area contributed by atoms with Gasteiger partial charge in [0.05, 0.1) is 12.4 Å². The van der Waals surface area contributed by atoms with Gasteiger partial charge in [0.1, 0.15) is 11.5 Å². The first kappa shape index (κ1) is 17.2. The van der Waals surface area contributed by atoms with Crippen LogP contribution < -0.4 is 10.6 Å². The van der Waals surface area contributed by atoms with Crippen molar-refractivity contribution in [3.63, 3.8) is 0 Å². The summed E-state index contributed by atoms with van der Waals surface area (Å²) in [6.07, 6.45) is 4.08. The lowest BCUT2D eigenvalue weighted by Crippen LogP contribution is -2.15. The van der Waals surface area contributed by atoms with E-state index in [1.807, 2.05) is 13.0 Å². The molecule has 1 aromatic carbocycles. The van der Waals surface area contributed by atoms with Crippen molar-refractivity contribution in [2.24, 2.45) is 5.92 Å². The standard InChI is InChI=1S/C17H21ClN4O/c1-11(2)6-7-19-16-10-20-15(9-21-16)17(23)22-13-5-4-12(3)14(18)8-13/h4-5,8-11H,6-7H2,1-3H3,(H,19,21)(H,22,23). The molecule has 0 fully saturated rings. The Kier molecular flexibility index (Phi) is 5.93. The molecular weight excluding hydrogens is 312 g/mol. The summed E-state index contributed by atoms with van der Waals surface area (Å²) >= 11 is 6.05. The van der Waals surface area contributed by atoms with Gasteiger partial charge in [-0.2, -0.15) is 0 Å². The van der Waals surface area contributed by atoms with Crippen LogP contribution in [-0.4, -0.2) is 22.4 Å². The van der Waals surface area contributed by atoms with Crippen molar-refractivity contribution in [2.75, 3.05) is 17.2 Å². The Morgan fingerprint density at radius 1 is 1.26 bits per heavy atom. The number of carbonyl (C=O) groups excluding carboxylic acids is 1. The molecule has 2 N–H and O–H groups in total. The molecule has 23 heavy (non-hydrogen) atoms. The predicted molar refractivity (Wildman–Crippen MR) is 94.1 cm³/mol. The Hall–Kier alpha value is -2.14. The van der Waals surface area contributed by atoms with Crippen LogP contribution in [0.5, 0.6) is 0 Å². The van der Waals surface area contributed by atoms with Crippen molar-refractivity contribution in [3.05, 3.63) is 46.9 Å². The van der Waals surface area contributed by atoms with Crippen molar-refractivity contribution in [2.45, 2.75) is 27.2 Å². The SMILES string of the molecule is Cc1ccc(NC(=O)c2cnc(NCCC(C)C)cn2)cc1Cl. The van der Waals surface area contributed by atoms with Gasteiger partial charge < -0.3 is 10.6 Å². The fraction of sp³-hybridized carbons (Fsp3) is 0.353. The lowest BCUT2D eigenvalue weighted by Gasteiger charge is -2.08. The third-order valence-electron chi connectivity index (χ3n) is 3.34. The maximum absolute atomic E-state index is 12.1. The summed E-state index contributed by atoms with van der Waals surface area (Å²) in [7, 11) is 0. The number of hydrogen-bond acceptors (Lipinski definition) is 4. The van der Waals surface area contributed by atoms with Crippen molar-refractivity contribution in [1.29, 1.82) is 0 Å². The Morgan fingerprint density at radius 2 is 2.04 bits per heavy atom. The maximum atomic E-state index is 12.1. The minimum absolute atomic E-state index is 0.260. The first-order valence-electron chi connectivity index (χ1n) is 7.59. The number of anilines is 2. The summed E-state index contributed by atoms with van der Waals surface area (Å²) in [5.41, 5.74) is 1.85. The molecule has 0 saturated carbocycles. The molecule has 1 aromatic heterocycles. The molecule has 0 bridgehead atoms. The second-order valence-electron chi connectivity index (χ2n) is 5.81. The monoisotopic (exact) mass is 332 g/mol. The Morgan fingerprint density at radius 3 is 2.65 bits per heavy atom. The third kappa shape index (κ3) is 5.21. The minimum Gasteiger partial charge on any atom is -0.369 e. The number of aromatic nitrogens is 2. The molecule has 2 aromatic rings. The number of amides is 1. The van der Waals surface area contributed by atoms with E-state index in [4.69, 9.17) is 11.6 Å². The number of hydrogen-bond donors (Lipinski definition) is 2. The molecule has 0 aliphatic heterocycles. The fourth-order valence-electron chi connectivity index (χ4n) is 1.89. The van der Waals surface area contributed by atoms with Gasteiger partial charge in [-0.25, -0.2) is 9.97 Å². The molecule has 0 spiro atoms. The average molecular weight is 333 g/mol. The highest BCUT2D eigenvalue weighted by Gasteiger charge is 2.09. The van der Waals surface area contributed by atoms with Crippen LogP contribution in [0.3, 0.4) is 0 Å². The van der Waals surface area contributed by atoms with Crippen LogP contribution in [-0.2, 0) is 0 Å². The second-order valence-corrected chi connectivity index (χ2v) is 6.22. The topological polar surface area (TPSA) is 66.9 Å². The Bertz CT molecular complexity index is 671.